The van der Waals surface area contributed by atoms with Gasteiger partial charge in [0.2, 0.25) is 11.9 Å². The zero-order chi connectivity index (χ0) is 20.2. The van der Waals surface area contributed by atoms with Crippen LogP contribution in [0.1, 0.15) is 18.0 Å². The van der Waals surface area contributed by atoms with Crippen molar-refractivity contribution in [3.63, 3.8) is 0 Å². The summed E-state index contributed by atoms with van der Waals surface area (Å²) in [4.78, 5) is 25.6. The molecule has 0 radical (unpaired) electrons. The fraction of sp³-hybridized carbons (Fsp3) is 0.450. The molecule has 4 rings (SSSR count). The van der Waals surface area contributed by atoms with Crippen molar-refractivity contribution in [1.29, 1.82) is 0 Å². The van der Waals surface area contributed by atoms with Gasteiger partial charge in [-0.15, -0.1) is 0 Å². The number of ether oxygens (including phenoxy) is 2. The monoisotopic (exact) mass is 398 g/mol. The highest BCUT2D eigenvalue weighted by molar-refractivity contribution is 5.82. The number of benzene rings is 1. The van der Waals surface area contributed by atoms with Gasteiger partial charge in [-0.25, -0.2) is 20.8 Å². The third-order valence-corrected chi connectivity index (χ3v) is 5.44. The lowest BCUT2D eigenvalue weighted by Crippen LogP contribution is -2.54. The smallest absolute Gasteiger partial charge is 0.241 e. The third kappa shape index (κ3) is 4.10. The lowest BCUT2D eigenvalue weighted by molar-refractivity contribution is -0.133. The van der Waals surface area contributed by atoms with E-state index < -0.39 is 0 Å². The van der Waals surface area contributed by atoms with Crippen molar-refractivity contribution in [2.75, 3.05) is 45.3 Å². The van der Waals surface area contributed by atoms with Crippen LogP contribution in [0.2, 0.25) is 0 Å². The highest BCUT2D eigenvalue weighted by atomic mass is 16.5. The first-order valence-electron chi connectivity index (χ1n) is 9.73. The molecule has 3 heterocycles. The second-order valence-corrected chi connectivity index (χ2v) is 7.10. The summed E-state index contributed by atoms with van der Waals surface area (Å²) >= 11 is 0. The van der Waals surface area contributed by atoms with Crippen molar-refractivity contribution in [3.05, 3.63) is 42.2 Å². The quantitative estimate of drug-likeness (QED) is 0.763. The predicted octanol–water partition coefficient (Wildman–Crippen LogP) is 0.750. The lowest BCUT2D eigenvalue weighted by Gasteiger charge is -2.35. The molecule has 29 heavy (non-hydrogen) atoms. The Hall–Kier alpha value is -2.91. The molecule has 1 amide bonds. The van der Waals surface area contributed by atoms with Gasteiger partial charge in [0.1, 0.15) is 17.5 Å². The van der Waals surface area contributed by atoms with E-state index in [1.165, 1.54) is 0 Å². The van der Waals surface area contributed by atoms with Crippen LogP contribution in [-0.2, 0) is 4.79 Å². The van der Waals surface area contributed by atoms with Gasteiger partial charge >= 0.3 is 0 Å². The van der Waals surface area contributed by atoms with Crippen molar-refractivity contribution in [1.82, 2.24) is 25.7 Å². The molecule has 0 bridgehead atoms. The minimum atomic E-state index is -0.272. The zero-order valence-corrected chi connectivity index (χ0v) is 16.7. The van der Waals surface area contributed by atoms with Crippen molar-refractivity contribution >= 4 is 11.9 Å². The second kappa shape index (κ2) is 8.62. The van der Waals surface area contributed by atoms with Gasteiger partial charge in [0, 0.05) is 50.2 Å². The average molecular weight is 398 g/mol. The Balaban J connectivity index is 1.36. The first kappa shape index (κ1) is 19.4. The number of hydrogen-bond donors (Lipinski definition) is 2. The standard InChI is InChI=1S/C20H26N6O3/c1-28-14-4-5-15(18(12-14)29-2)16-13-17(24-23-16)19(27)25-8-10-26(11-9-25)20-21-6-3-7-22-20/h3-7,12,16-17,23-24H,8-11,13H2,1-2H3. The number of hydrogen-bond acceptors (Lipinski definition) is 8. The number of methoxy groups -OCH3 is 2. The highest BCUT2D eigenvalue weighted by Gasteiger charge is 2.35. The van der Waals surface area contributed by atoms with E-state index in [1.807, 2.05) is 23.1 Å². The number of nitrogens with one attached hydrogen (secondary N) is 2. The van der Waals surface area contributed by atoms with Gasteiger partial charge in [-0.1, -0.05) is 6.07 Å². The average Bonchev–Trinajstić information content (AvgIpc) is 3.29. The van der Waals surface area contributed by atoms with Gasteiger partial charge in [-0.05, 0) is 18.6 Å². The Labute approximate surface area is 170 Å². The summed E-state index contributed by atoms with van der Waals surface area (Å²) in [6.45, 7) is 2.77. The molecule has 9 heteroatoms. The van der Waals surface area contributed by atoms with Crippen molar-refractivity contribution in [2.45, 2.75) is 18.5 Å². The summed E-state index contributed by atoms with van der Waals surface area (Å²) in [5, 5.41) is 0. The number of hydrazine groups is 1. The molecule has 0 saturated carbocycles. The summed E-state index contributed by atoms with van der Waals surface area (Å²) < 4.78 is 10.8. The van der Waals surface area contributed by atoms with Crippen LogP contribution in [-0.4, -0.2) is 67.2 Å². The van der Waals surface area contributed by atoms with Gasteiger partial charge in [-0.2, -0.15) is 0 Å². The first-order valence-corrected chi connectivity index (χ1v) is 9.73. The van der Waals surface area contributed by atoms with Crippen molar-refractivity contribution < 1.29 is 14.3 Å². The Kier molecular flexibility index (Phi) is 5.77. The molecule has 2 atom stereocenters. The van der Waals surface area contributed by atoms with Crippen LogP contribution in [0, 0.1) is 0 Å². The fourth-order valence-electron chi connectivity index (χ4n) is 3.83. The molecule has 2 fully saturated rings. The van der Waals surface area contributed by atoms with Crippen LogP contribution >= 0.6 is 0 Å². The van der Waals surface area contributed by atoms with Crippen LogP contribution in [0.5, 0.6) is 11.5 Å². The molecule has 2 aliphatic rings. The Morgan fingerprint density at radius 3 is 2.52 bits per heavy atom. The SMILES string of the molecule is COc1ccc(C2CC(C(=O)N3CCN(c4ncccn4)CC3)NN2)c(OC)c1. The van der Waals surface area contributed by atoms with Gasteiger partial charge in [0.25, 0.3) is 0 Å². The van der Waals surface area contributed by atoms with Crippen LogP contribution in [0.3, 0.4) is 0 Å². The molecular weight excluding hydrogens is 372 g/mol. The second-order valence-electron chi connectivity index (χ2n) is 7.10. The normalized spacial score (nSPS) is 21.9. The van der Waals surface area contributed by atoms with E-state index in [0.717, 1.165) is 30.2 Å². The number of rotatable bonds is 5. The molecule has 9 nitrogen and oxygen atoms in total. The Morgan fingerprint density at radius 1 is 1.07 bits per heavy atom. The number of aromatic nitrogens is 2. The van der Waals surface area contributed by atoms with Crippen molar-refractivity contribution in [2.24, 2.45) is 0 Å². The van der Waals surface area contributed by atoms with Crippen LogP contribution < -0.4 is 25.2 Å². The lowest BCUT2D eigenvalue weighted by atomic mass is 10.00. The molecule has 2 aromatic rings. The van der Waals surface area contributed by atoms with E-state index in [9.17, 15) is 4.79 Å². The molecule has 0 aliphatic carbocycles. The van der Waals surface area contributed by atoms with E-state index in [-0.39, 0.29) is 18.0 Å². The maximum Gasteiger partial charge on any atom is 0.241 e. The van der Waals surface area contributed by atoms with Gasteiger partial charge < -0.3 is 19.3 Å². The van der Waals surface area contributed by atoms with E-state index >= 15 is 0 Å². The van der Waals surface area contributed by atoms with E-state index in [2.05, 4.69) is 25.7 Å². The molecule has 2 saturated heterocycles. The van der Waals surface area contributed by atoms with Gasteiger partial charge in [-0.3, -0.25) is 4.79 Å². The van der Waals surface area contributed by atoms with E-state index in [4.69, 9.17) is 9.47 Å². The van der Waals surface area contributed by atoms with Gasteiger partial charge in [0.15, 0.2) is 0 Å². The molecule has 154 valence electrons. The molecule has 2 unspecified atom stereocenters. The summed E-state index contributed by atoms with van der Waals surface area (Å²) in [5.41, 5.74) is 7.40. The largest absolute Gasteiger partial charge is 0.497 e. The number of anilines is 1. The van der Waals surface area contributed by atoms with Crippen LogP contribution in [0.15, 0.2) is 36.7 Å². The van der Waals surface area contributed by atoms with E-state index in [0.29, 0.717) is 25.5 Å². The fourth-order valence-corrected chi connectivity index (χ4v) is 3.83. The van der Waals surface area contributed by atoms with Crippen LogP contribution in [0.4, 0.5) is 5.95 Å². The number of carbonyl (C=O) groups is 1. The molecule has 1 aromatic carbocycles. The maximum atomic E-state index is 13.0. The van der Waals surface area contributed by atoms with Gasteiger partial charge in [0.05, 0.1) is 20.3 Å². The van der Waals surface area contributed by atoms with Crippen molar-refractivity contribution in [3.8, 4) is 11.5 Å². The summed E-state index contributed by atoms with van der Waals surface area (Å²) in [7, 11) is 3.27. The molecular formula is C20H26N6O3. The minimum absolute atomic E-state index is 0.0104. The predicted molar refractivity (Wildman–Crippen MR) is 108 cm³/mol. The molecule has 2 aliphatic heterocycles. The summed E-state index contributed by atoms with van der Waals surface area (Å²) in [6.07, 6.45) is 4.13. The molecule has 1 aromatic heterocycles. The molecule has 0 spiro atoms. The minimum Gasteiger partial charge on any atom is -0.497 e. The maximum absolute atomic E-state index is 13.0. The number of amides is 1. The Morgan fingerprint density at radius 2 is 1.83 bits per heavy atom. The summed E-state index contributed by atoms with van der Waals surface area (Å²) in [5.74, 6) is 2.31. The first-order chi connectivity index (χ1) is 14.2. The number of carbonyl (C=O) groups excluding carboxylic acids is 1. The highest BCUT2D eigenvalue weighted by Crippen LogP contribution is 2.33. The number of piperazine rings is 1. The number of nitrogens with zero attached hydrogens (tertiary/aromatic N) is 4. The topological polar surface area (TPSA) is 91.9 Å². The zero-order valence-electron chi connectivity index (χ0n) is 16.7. The molecule has 2 N–H and O–H groups in total. The summed E-state index contributed by atoms with van der Waals surface area (Å²) in [6, 6.07) is 7.25. The van der Waals surface area contributed by atoms with Crippen LogP contribution in [0.25, 0.3) is 0 Å². The van der Waals surface area contributed by atoms with E-state index in [1.54, 1.807) is 32.7 Å². The third-order valence-electron chi connectivity index (χ3n) is 5.44. The Bertz CT molecular complexity index is 841.